The van der Waals surface area contributed by atoms with Crippen LogP contribution >= 0.6 is 0 Å². The van der Waals surface area contributed by atoms with Gasteiger partial charge in [0.2, 0.25) is 0 Å². The van der Waals surface area contributed by atoms with Crippen molar-refractivity contribution in [2.24, 2.45) is 11.8 Å². The molecule has 2 unspecified atom stereocenters. The molecule has 0 aliphatic heterocycles. The maximum Gasteiger partial charge on any atom is 0.0581 e. The van der Waals surface area contributed by atoms with Gasteiger partial charge in [-0.15, -0.1) is 12.8 Å². The van der Waals surface area contributed by atoms with Crippen molar-refractivity contribution in [2.75, 3.05) is 6.61 Å². The molecule has 1 aromatic carbocycles. The zero-order valence-corrected chi connectivity index (χ0v) is 13.3. The third-order valence-corrected chi connectivity index (χ3v) is 5.27. The summed E-state index contributed by atoms with van der Waals surface area (Å²) < 4.78 is 6.06. The van der Waals surface area contributed by atoms with Gasteiger partial charge in [0, 0.05) is 6.61 Å². The SMILES string of the molecule is [CH2+][CH-]CCCCCOC1CC2C(C1)C2c1ccc(C)cc1. The van der Waals surface area contributed by atoms with Crippen molar-refractivity contribution in [1.82, 2.24) is 0 Å². The Morgan fingerprint density at radius 2 is 1.81 bits per heavy atom. The highest BCUT2D eigenvalue weighted by Crippen LogP contribution is 2.63. The fourth-order valence-electron chi connectivity index (χ4n) is 4.03. The second kappa shape index (κ2) is 6.87. The highest BCUT2D eigenvalue weighted by molar-refractivity contribution is 5.32. The largest absolute Gasteiger partial charge is 0.378 e. The molecule has 0 saturated heterocycles. The first kappa shape index (κ1) is 15.0. The molecule has 0 aromatic heterocycles. The number of hydrogen-bond donors (Lipinski definition) is 0. The summed E-state index contributed by atoms with van der Waals surface area (Å²) in [7, 11) is 0. The van der Waals surface area contributed by atoms with Crippen LogP contribution in [0.4, 0.5) is 0 Å². The average molecular weight is 284 g/mol. The summed E-state index contributed by atoms with van der Waals surface area (Å²) in [6.07, 6.45) is 10.0. The van der Waals surface area contributed by atoms with E-state index < -0.39 is 0 Å². The molecular formula is C20H28O. The van der Waals surface area contributed by atoms with Crippen molar-refractivity contribution in [3.8, 4) is 0 Å². The molecule has 0 amide bonds. The van der Waals surface area contributed by atoms with E-state index >= 15 is 0 Å². The lowest BCUT2D eigenvalue weighted by molar-refractivity contribution is 0.0461. The van der Waals surface area contributed by atoms with Gasteiger partial charge < -0.3 is 4.74 Å². The molecule has 114 valence electrons. The van der Waals surface area contributed by atoms with Gasteiger partial charge in [-0.1, -0.05) is 49.6 Å². The molecule has 2 saturated carbocycles. The molecule has 1 heteroatoms. The van der Waals surface area contributed by atoms with Gasteiger partial charge in [-0.3, -0.25) is 0 Å². The third kappa shape index (κ3) is 3.63. The summed E-state index contributed by atoms with van der Waals surface area (Å²) >= 11 is 0. The fraction of sp³-hybridized carbons (Fsp3) is 0.600. The number of hydrogen-bond acceptors (Lipinski definition) is 1. The van der Waals surface area contributed by atoms with E-state index in [0.717, 1.165) is 30.8 Å². The molecule has 0 bridgehead atoms. The second-order valence-electron chi connectivity index (χ2n) is 6.87. The Bertz CT molecular complexity index is 424. The van der Waals surface area contributed by atoms with E-state index in [1.54, 1.807) is 5.56 Å². The van der Waals surface area contributed by atoms with Crippen molar-refractivity contribution in [3.63, 3.8) is 0 Å². The summed E-state index contributed by atoms with van der Waals surface area (Å²) in [5, 5.41) is 0. The van der Waals surface area contributed by atoms with Crippen LogP contribution in [0.15, 0.2) is 24.3 Å². The van der Waals surface area contributed by atoms with Gasteiger partial charge in [-0.25, -0.2) is 0 Å². The lowest BCUT2D eigenvalue weighted by Crippen LogP contribution is -2.12. The fourth-order valence-corrected chi connectivity index (χ4v) is 4.03. The standard InChI is InChI=1S/C20H28O/c1-3-4-5-6-7-12-21-17-13-18-19(14-17)20(18)16-10-8-15(2)9-11-16/h3,8-11,17-20H,1,4-7,12-14H2,2H3. The molecule has 1 aromatic rings. The Morgan fingerprint density at radius 3 is 2.48 bits per heavy atom. The van der Waals surface area contributed by atoms with Crippen molar-refractivity contribution < 1.29 is 4.74 Å². The molecule has 0 spiro atoms. The van der Waals surface area contributed by atoms with E-state index in [-0.39, 0.29) is 0 Å². The average Bonchev–Trinajstić information content (AvgIpc) is 2.99. The van der Waals surface area contributed by atoms with Gasteiger partial charge in [-0.05, 0) is 49.5 Å². The third-order valence-electron chi connectivity index (χ3n) is 5.27. The van der Waals surface area contributed by atoms with E-state index in [9.17, 15) is 0 Å². The first-order chi connectivity index (χ1) is 10.3. The minimum atomic E-state index is 0.543. The lowest BCUT2D eigenvalue weighted by atomic mass is 10.0. The quantitative estimate of drug-likeness (QED) is 0.476. The first-order valence-corrected chi connectivity index (χ1v) is 8.58. The number of rotatable bonds is 8. The molecule has 2 aliphatic carbocycles. The summed E-state index contributed by atoms with van der Waals surface area (Å²) in [6.45, 7) is 6.88. The van der Waals surface area contributed by atoms with Crippen molar-refractivity contribution >= 4 is 0 Å². The number of benzene rings is 1. The van der Waals surface area contributed by atoms with Gasteiger partial charge in [0.05, 0.1) is 6.10 Å². The van der Waals surface area contributed by atoms with Crippen LogP contribution in [0.1, 0.15) is 55.6 Å². The number of ether oxygens (including phenoxy) is 1. The van der Waals surface area contributed by atoms with Crippen molar-refractivity contribution in [3.05, 3.63) is 48.7 Å². The van der Waals surface area contributed by atoms with E-state index in [1.165, 1.54) is 37.7 Å². The van der Waals surface area contributed by atoms with Crippen LogP contribution in [-0.4, -0.2) is 12.7 Å². The van der Waals surface area contributed by atoms with Gasteiger partial charge in [-0.2, -0.15) is 0 Å². The van der Waals surface area contributed by atoms with Crippen LogP contribution in [0.5, 0.6) is 0 Å². The normalized spacial score (nSPS) is 30.3. The van der Waals surface area contributed by atoms with Crippen LogP contribution in [0.25, 0.3) is 0 Å². The topological polar surface area (TPSA) is 9.23 Å². The second-order valence-corrected chi connectivity index (χ2v) is 6.87. The van der Waals surface area contributed by atoms with Crippen LogP contribution < -0.4 is 0 Å². The zero-order valence-electron chi connectivity index (χ0n) is 13.3. The smallest absolute Gasteiger partial charge is 0.0581 e. The van der Waals surface area contributed by atoms with Crippen LogP contribution in [0.2, 0.25) is 0 Å². The van der Waals surface area contributed by atoms with Crippen molar-refractivity contribution in [1.29, 1.82) is 0 Å². The summed E-state index contributed by atoms with van der Waals surface area (Å²) in [5.41, 5.74) is 2.92. The lowest BCUT2D eigenvalue weighted by Gasteiger charge is -2.15. The Morgan fingerprint density at radius 1 is 1.10 bits per heavy atom. The molecule has 2 aliphatic rings. The van der Waals surface area contributed by atoms with Gasteiger partial charge >= 0.3 is 0 Å². The monoisotopic (exact) mass is 284 g/mol. The Kier molecular flexibility index (Phi) is 4.90. The molecule has 1 nitrogen and oxygen atoms in total. The number of unbranched alkanes of at least 4 members (excludes halogenated alkanes) is 4. The van der Waals surface area contributed by atoms with Crippen LogP contribution in [0.3, 0.4) is 0 Å². The maximum atomic E-state index is 6.06. The Labute approximate surface area is 130 Å². The molecule has 0 N–H and O–H groups in total. The van der Waals surface area contributed by atoms with E-state index in [0.29, 0.717) is 6.10 Å². The minimum absolute atomic E-state index is 0.543. The molecule has 2 atom stereocenters. The van der Waals surface area contributed by atoms with Crippen LogP contribution in [0, 0.1) is 32.1 Å². The van der Waals surface area contributed by atoms with E-state index in [2.05, 4.69) is 38.1 Å². The first-order valence-electron chi connectivity index (χ1n) is 8.58. The van der Waals surface area contributed by atoms with Crippen LogP contribution in [-0.2, 0) is 4.74 Å². The van der Waals surface area contributed by atoms with Crippen molar-refractivity contribution in [2.45, 2.75) is 57.5 Å². The molecule has 2 fully saturated rings. The van der Waals surface area contributed by atoms with E-state index in [4.69, 9.17) is 4.74 Å². The molecular weight excluding hydrogens is 256 g/mol. The van der Waals surface area contributed by atoms with Gasteiger partial charge in [0.15, 0.2) is 0 Å². The highest BCUT2D eigenvalue weighted by atomic mass is 16.5. The number of fused-ring (bicyclic) bond motifs is 1. The van der Waals surface area contributed by atoms with E-state index in [1.807, 2.05) is 6.42 Å². The molecule has 0 heterocycles. The summed E-state index contributed by atoms with van der Waals surface area (Å²) in [4.78, 5) is 0. The number of aryl methyl sites for hydroxylation is 1. The highest BCUT2D eigenvalue weighted by Gasteiger charge is 2.56. The Hall–Kier alpha value is -0.950. The van der Waals surface area contributed by atoms with Gasteiger partial charge in [0.25, 0.3) is 0 Å². The van der Waals surface area contributed by atoms with Gasteiger partial charge in [0.1, 0.15) is 0 Å². The minimum Gasteiger partial charge on any atom is -0.378 e. The molecule has 21 heavy (non-hydrogen) atoms. The molecule has 3 rings (SSSR count). The predicted molar refractivity (Wildman–Crippen MR) is 88.0 cm³/mol. The summed E-state index contributed by atoms with van der Waals surface area (Å²) in [6, 6.07) is 9.16. The maximum absolute atomic E-state index is 6.06. The predicted octanol–water partition coefficient (Wildman–Crippen LogP) is 5.10. The zero-order chi connectivity index (χ0) is 14.7. The Balaban J connectivity index is 1.34. The molecule has 0 radical (unpaired) electrons. The summed E-state index contributed by atoms with van der Waals surface area (Å²) in [5.74, 6) is 2.63.